The molecule has 0 saturated heterocycles. The molecule has 0 aliphatic heterocycles. The third-order valence-electron chi connectivity index (χ3n) is 3.05. The Balaban J connectivity index is 1.89. The monoisotopic (exact) mass is 297 g/mol. The summed E-state index contributed by atoms with van der Waals surface area (Å²) in [5.74, 6) is 0.671. The van der Waals surface area contributed by atoms with Crippen molar-refractivity contribution in [3.63, 3.8) is 0 Å². The Kier molecular flexibility index (Phi) is 3.46. The Labute approximate surface area is 124 Å². The van der Waals surface area contributed by atoms with Crippen molar-refractivity contribution in [2.24, 2.45) is 7.05 Å². The Bertz CT molecular complexity index is 906. The van der Waals surface area contributed by atoms with Gasteiger partial charge in [-0.3, -0.25) is 4.79 Å². The van der Waals surface area contributed by atoms with Crippen LogP contribution >= 0.6 is 11.8 Å². The normalized spacial score (nSPS) is 10.7. The van der Waals surface area contributed by atoms with E-state index in [-0.39, 0.29) is 5.56 Å². The average Bonchev–Trinajstić information content (AvgIpc) is 2.84. The fraction of sp³-hybridized carbons (Fsp3) is 0.143. The molecule has 0 bridgehead atoms. The summed E-state index contributed by atoms with van der Waals surface area (Å²) >= 11 is 1.50. The zero-order chi connectivity index (χ0) is 14.8. The number of nitrogens with one attached hydrogen (secondary N) is 1. The summed E-state index contributed by atoms with van der Waals surface area (Å²) in [5.41, 5.74) is 2.33. The summed E-state index contributed by atoms with van der Waals surface area (Å²) in [6.45, 7) is 0. The second-order valence-electron chi connectivity index (χ2n) is 4.46. The van der Waals surface area contributed by atoms with E-state index in [9.17, 15) is 4.79 Å². The highest BCUT2D eigenvalue weighted by Gasteiger charge is 2.12. The van der Waals surface area contributed by atoms with E-state index >= 15 is 0 Å². The van der Waals surface area contributed by atoms with Crippen molar-refractivity contribution in [3.8, 4) is 6.07 Å². The molecule has 0 radical (unpaired) electrons. The van der Waals surface area contributed by atoms with Crippen molar-refractivity contribution in [3.05, 3.63) is 52.1 Å². The number of aryl methyl sites for hydroxylation is 1. The van der Waals surface area contributed by atoms with Crippen molar-refractivity contribution in [1.82, 2.24) is 19.5 Å². The highest BCUT2D eigenvalue weighted by atomic mass is 32.2. The molecule has 3 aromatic rings. The number of hydrogen-bond acceptors (Lipinski definition) is 5. The smallest absolute Gasteiger partial charge is 0.278 e. The molecular formula is C14H11N5OS. The lowest BCUT2D eigenvalue weighted by atomic mass is 10.2. The van der Waals surface area contributed by atoms with E-state index in [1.807, 2.05) is 25.2 Å². The minimum Gasteiger partial charge on any atom is -0.311 e. The molecule has 3 rings (SSSR count). The van der Waals surface area contributed by atoms with Crippen LogP contribution in [-0.4, -0.2) is 19.5 Å². The van der Waals surface area contributed by atoms with Crippen LogP contribution in [0.2, 0.25) is 0 Å². The molecule has 6 nitrogen and oxygen atoms in total. The van der Waals surface area contributed by atoms with Gasteiger partial charge in [0.25, 0.3) is 5.56 Å². The fourth-order valence-electron chi connectivity index (χ4n) is 2.00. The molecule has 0 saturated carbocycles. The minimum absolute atomic E-state index is 0.242. The number of benzene rings is 1. The van der Waals surface area contributed by atoms with E-state index in [1.165, 1.54) is 18.1 Å². The van der Waals surface area contributed by atoms with Crippen LogP contribution in [0.4, 0.5) is 0 Å². The van der Waals surface area contributed by atoms with Gasteiger partial charge in [0.15, 0.2) is 16.3 Å². The summed E-state index contributed by atoms with van der Waals surface area (Å²) in [6, 6.07) is 9.56. The summed E-state index contributed by atoms with van der Waals surface area (Å²) in [6.07, 6.45) is 1.37. The topological polar surface area (TPSA) is 87.4 Å². The Morgan fingerprint density at radius 3 is 3.10 bits per heavy atom. The van der Waals surface area contributed by atoms with Crippen LogP contribution in [-0.2, 0) is 12.8 Å². The lowest BCUT2D eigenvalue weighted by molar-refractivity contribution is 0.805. The van der Waals surface area contributed by atoms with Gasteiger partial charge in [0.05, 0.1) is 18.0 Å². The van der Waals surface area contributed by atoms with Crippen LogP contribution in [0, 0.1) is 11.3 Å². The van der Waals surface area contributed by atoms with Crippen molar-refractivity contribution in [1.29, 1.82) is 5.26 Å². The van der Waals surface area contributed by atoms with E-state index < -0.39 is 0 Å². The molecule has 0 atom stereocenters. The maximum Gasteiger partial charge on any atom is 0.278 e. The maximum absolute atomic E-state index is 11.7. The van der Waals surface area contributed by atoms with Gasteiger partial charge in [-0.25, -0.2) is 9.97 Å². The molecule has 0 aliphatic rings. The number of nitrogens with zero attached hydrogens (tertiary/aromatic N) is 4. The van der Waals surface area contributed by atoms with E-state index in [0.29, 0.717) is 22.5 Å². The molecule has 0 aliphatic carbocycles. The quantitative estimate of drug-likeness (QED) is 0.745. The number of rotatable bonds is 3. The minimum atomic E-state index is -0.242. The summed E-state index contributed by atoms with van der Waals surface area (Å²) in [7, 11) is 1.83. The van der Waals surface area contributed by atoms with E-state index in [1.54, 1.807) is 10.6 Å². The second-order valence-corrected chi connectivity index (χ2v) is 5.40. The van der Waals surface area contributed by atoms with Crippen molar-refractivity contribution >= 4 is 22.9 Å². The summed E-state index contributed by atoms with van der Waals surface area (Å²) in [5, 5.41) is 9.62. The first-order valence-corrected chi connectivity index (χ1v) is 7.19. The van der Waals surface area contributed by atoms with E-state index in [0.717, 1.165) is 10.7 Å². The number of hydrogen-bond donors (Lipinski definition) is 1. The number of thioether (sulfide) groups is 1. The molecule has 1 aromatic carbocycles. The summed E-state index contributed by atoms with van der Waals surface area (Å²) in [4.78, 5) is 22.7. The second kappa shape index (κ2) is 5.42. The number of H-pyrrole nitrogens is 1. The third-order valence-corrected chi connectivity index (χ3v) is 4.15. The van der Waals surface area contributed by atoms with Gasteiger partial charge in [-0.05, 0) is 17.7 Å². The molecule has 0 spiro atoms. The Morgan fingerprint density at radius 1 is 1.48 bits per heavy atom. The lowest BCUT2D eigenvalue weighted by Gasteiger charge is -2.02. The molecule has 2 heterocycles. The van der Waals surface area contributed by atoms with Crippen LogP contribution in [0.15, 0.2) is 40.5 Å². The zero-order valence-electron chi connectivity index (χ0n) is 11.2. The number of aromatic amines is 1. The van der Waals surface area contributed by atoms with Gasteiger partial charge in [0.1, 0.15) is 0 Å². The van der Waals surface area contributed by atoms with Gasteiger partial charge >= 0.3 is 0 Å². The highest BCUT2D eigenvalue weighted by Crippen LogP contribution is 2.23. The van der Waals surface area contributed by atoms with E-state index in [4.69, 9.17) is 5.26 Å². The SMILES string of the molecule is Cn1c(SCc2cccc(C#N)c2)nc2c(=O)[nH]cnc21. The number of imidazole rings is 1. The predicted octanol–water partition coefficient (Wildman–Crippen LogP) is 1.82. The molecule has 21 heavy (non-hydrogen) atoms. The highest BCUT2D eigenvalue weighted by molar-refractivity contribution is 7.98. The van der Waals surface area contributed by atoms with Gasteiger partial charge in [0.2, 0.25) is 0 Å². The lowest BCUT2D eigenvalue weighted by Crippen LogP contribution is -2.06. The van der Waals surface area contributed by atoms with Gasteiger partial charge in [-0.1, -0.05) is 23.9 Å². The van der Waals surface area contributed by atoms with Crippen LogP contribution in [0.3, 0.4) is 0 Å². The molecule has 7 heteroatoms. The number of nitriles is 1. The third kappa shape index (κ3) is 2.53. The first-order chi connectivity index (χ1) is 10.2. The fourth-order valence-corrected chi connectivity index (χ4v) is 2.91. The van der Waals surface area contributed by atoms with Gasteiger partial charge in [-0.15, -0.1) is 0 Å². The molecule has 0 amide bonds. The average molecular weight is 297 g/mol. The molecule has 0 unspecified atom stereocenters. The summed E-state index contributed by atoms with van der Waals surface area (Å²) < 4.78 is 1.80. The van der Waals surface area contributed by atoms with Gasteiger partial charge in [-0.2, -0.15) is 5.26 Å². The zero-order valence-corrected chi connectivity index (χ0v) is 12.0. The van der Waals surface area contributed by atoms with Crippen LogP contribution in [0.5, 0.6) is 0 Å². The van der Waals surface area contributed by atoms with Crippen LogP contribution in [0.25, 0.3) is 11.2 Å². The number of fused-ring (bicyclic) bond motifs is 1. The Morgan fingerprint density at radius 2 is 2.33 bits per heavy atom. The van der Waals surface area contributed by atoms with Crippen molar-refractivity contribution in [2.75, 3.05) is 0 Å². The largest absolute Gasteiger partial charge is 0.311 e. The van der Waals surface area contributed by atoms with E-state index in [2.05, 4.69) is 21.0 Å². The Hall–Kier alpha value is -2.59. The van der Waals surface area contributed by atoms with Gasteiger partial charge < -0.3 is 9.55 Å². The molecular weight excluding hydrogens is 286 g/mol. The first-order valence-electron chi connectivity index (χ1n) is 6.21. The predicted molar refractivity (Wildman–Crippen MR) is 79.8 cm³/mol. The van der Waals surface area contributed by atoms with Crippen molar-refractivity contribution in [2.45, 2.75) is 10.9 Å². The van der Waals surface area contributed by atoms with Crippen LogP contribution in [0.1, 0.15) is 11.1 Å². The first kappa shape index (κ1) is 13.4. The van der Waals surface area contributed by atoms with Gasteiger partial charge in [0, 0.05) is 12.8 Å². The molecule has 0 fully saturated rings. The van der Waals surface area contributed by atoms with Crippen LogP contribution < -0.4 is 5.56 Å². The maximum atomic E-state index is 11.7. The molecule has 104 valence electrons. The molecule has 2 aromatic heterocycles. The number of aromatic nitrogens is 4. The van der Waals surface area contributed by atoms with Crippen molar-refractivity contribution < 1.29 is 0 Å². The standard InChI is InChI=1S/C14H11N5OS/c1-19-12-11(13(20)17-8-16-12)18-14(19)21-7-10-4-2-3-9(5-10)6-15/h2-5,8H,7H2,1H3,(H,16,17,20). The molecule has 1 N–H and O–H groups in total.